The van der Waals surface area contributed by atoms with Crippen LogP contribution in [0.3, 0.4) is 0 Å². The molecule has 1 aromatic rings. The van der Waals surface area contributed by atoms with E-state index in [0.29, 0.717) is 13.2 Å². The number of morpholine rings is 1. The number of methoxy groups -OCH3 is 1. The van der Waals surface area contributed by atoms with Crippen molar-refractivity contribution in [2.45, 2.75) is 25.6 Å². The van der Waals surface area contributed by atoms with Crippen molar-refractivity contribution >= 4 is 5.91 Å². The number of ether oxygens (including phenoxy) is 2. The molecule has 6 nitrogen and oxygen atoms in total. The number of amides is 1. The molecule has 1 saturated heterocycles. The second-order valence-electron chi connectivity index (χ2n) is 6.50. The molecule has 6 heteroatoms. The topological polar surface area (TPSA) is 54.0 Å². The van der Waals surface area contributed by atoms with Gasteiger partial charge in [0.2, 0.25) is 5.91 Å². The zero-order valence-electron chi connectivity index (χ0n) is 15.1. The highest BCUT2D eigenvalue weighted by Gasteiger charge is 2.27. The van der Waals surface area contributed by atoms with Crippen molar-refractivity contribution in [3.05, 3.63) is 29.8 Å². The lowest BCUT2D eigenvalue weighted by Gasteiger charge is -2.37. The third kappa shape index (κ3) is 5.47. The molecule has 1 heterocycles. The van der Waals surface area contributed by atoms with Crippen molar-refractivity contribution in [3.8, 4) is 5.75 Å². The minimum absolute atomic E-state index is 0.0447. The molecule has 0 unspecified atom stereocenters. The average Bonchev–Trinajstić information content (AvgIpc) is 2.58. The molecule has 2 atom stereocenters. The Morgan fingerprint density at radius 2 is 2.29 bits per heavy atom. The van der Waals surface area contributed by atoms with E-state index in [1.807, 2.05) is 45.3 Å². The first-order valence-electron chi connectivity index (χ1n) is 8.40. The molecule has 1 aromatic carbocycles. The van der Waals surface area contributed by atoms with Gasteiger partial charge in [-0.2, -0.15) is 0 Å². The number of nitrogens with one attached hydrogen (secondary N) is 1. The molecular weight excluding hydrogens is 306 g/mol. The Hall–Kier alpha value is -1.63. The molecule has 134 valence electrons. The van der Waals surface area contributed by atoms with Gasteiger partial charge in [0.05, 0.1) is 25.9 Å². The van der Waals surface area contributed by atoms with Gasteiger partial charge in [0.25, 0.3) is 0 Å². The van der Waals surface area contributed by atoms with E-state index in [-0.39, 0.29) is 18.1 Å². The molecule has 0 radical (unpaired) electrons. The van der Waals surface area contributed by atoms with Gasteiger partial charge in [0.1, 0.15) is 5.75 Å². The van der Waals surface area contributed by atoms with E-state index in [0.717, 1.165) is 30.9 Å². The zero-order chi connectivity index (χ0) is 17.5. The van der Waals surface area contributed by atoms with Crippen molar-refractivity contribution < 1.29 is 14.3 Å². The molecular formula is C18H29N3O3. The molecule has 1 aliphatic heterocycles. The predicted molar refractivity (Wildman–Crippen MR) is 94.2 cm³/mol. The lowest BCUT2D eigenvalue weighted by atomic mass is 10.1. The van der Waals surface area contributed by atoms with Crippen LogP contribution in [-0.4, -0.2) is 75.3 Å². The largest absolute Gasteiger partial charge is 0.497 e. The standard InChI is InChI=1S/C18H29N3O3/c1-14(21-8-9-24-17(13-21)12-20(2)3)18(22)19-11-15-6-5-7-16(10-15)23-4/h5-7,10,14,17H,8-9,11-13H2,1-4H3,(H,19,22)/t14-,17-/m0/s1. The van der Waals surface area contributed by atoms with Gasteiger partial charge in [0, 0.05) is 26.2 Å². The van der Waals surface area contributed by atoms with E-state index in [9.17, 15) is 4.79 Å². The average molecular weight is 335 g/mol. The second kappa shape index (κ2) is 9.01. The summed E-state index contributed by atoms with van der Waals surface area (Å²) in [7, 11) is 5.71. The van der Waals surface area contributed by atoms with Gasteiger partial charge < -0.3 is 19.7 Å². The summed E-state index contributed by atoms with van der Waals surface area (Å²) in [5, 5.41) is 3.02. The third-order valence-electron chi connectivity index (χ3n) is 4.27. The van der Waals surface area contributed by atoms with E-state index in [4.69, 9.17) is 9.47 Å². The fourth-order valence-corrected chi connectivity index (χ4v) is 2.90. The lowest BCUT2D eigenvalue weighted by molar-refractivity contribution is -0.129. The monoisotopic (exact) mass is 335 g/mol. The van der Waals surface area contributed by atoms with E-state index < -0.39 is 0 Å². The predicted octanol–water partition coefficient (Wildman–Crippen LogP) is 0.962. The molecule has 2 rings (SSSR count). The smallest absolute Gasteiger partial charge is 0.237 e. The van der Waals surface area contributed by atoms with Crippen LogP contribution in [0.4, 0.5) is 0 Å². The number of hydrogen-bond acceptors (Lipinski definition) is 5. The Kier molecular flexibility index (Phi) is 7.02. The molecule has 0 spiro atoms. The molecule has 1 amide bonds. The minimum atomic E-state index is -0.163. The Bertz CT molecular complexity index is 536. The maximum Gasteiger partial charge on any atom is 0.237 e. The number of benzene rings is 1. The fourth-order valence-electron chi connectivity index (χ4n) is 2.90. The van der Waals surface area contributed by atoms with Gasteiger partial charge in [-0.1, -0.05) is 12.1 Å². The first kappa shape index (κ1) is 18.7. The number of carbonyl (C=O) groups is 1. The molecule has 0 aromatic heterocycles. The van der Waals surface area contributed by atoms with E-state index in [1.165, 1.54) is 0 Å². The fraction of sp³-hybridized carbons (Fsp3) is 0.611. The van der Waals surface area contributed by atoms with Gasteiger partial charge in [-0.05, 0) is 38.7 Å². The number of likely N-dealkylation sites (N-methyl/N-ethyl adjacent to an activating group) is 1. The van der Waals surface area contributed by atoms with Crippen LogP contribution in [-0.2, 0) is 16.1 Å². The molecule has 1 aliphatic rings. The van der Waals surface area contributed by atoms with Crippen LogP contribution in [0.25, 0.3) is 0 Å². The molecule has 1 fully saturated rings. The normalized spacial score (nSPS) is 20.0. The van der Waals surface area contributed by atoms with Crippen molar-refractivity contribution in [2.24, 2.45) is 0 Å². The second-order valence-corrected chi connectivity index (χ2v) is 6.50. The summed E-state index contributed by atoms with van der Waals surface area (Å²) in [6.45, 7) is 5.58. The van der Waals surface area contributed by atoms with Gasteiger partial charge in [-0.15, -0.1) is 0 Å². The third-order valence-corrected chi connectivity index (χ3v) is 4.27. The van der Waals surface area contributed by atoms with Gasteiger partial charge in [0.15, 0.2) is 0 Å². The summed E-state index contributed by atoms with van der Waals surface area (Å²) < 4.78 is 11.0. The number of rotatable bonds is 7. The van der Waals surface area contributed by atoms with Crippen LogP contribution in [0.1, 0.15) is 12.5 Å². The Morgan fingerprint density at radius 3 is 3.00 bits per heavy atom. The van der Waals surface area contributed by atoms with Crippen molar-refractivity contribution in [1.29, 1.82) is 0 Å². The summed E-state index contributed by atoms with van der Waals surface area (Å²) in [6, 6.07) is 7.58. The highest BCUT2D eigenvalue weighted by atomic mass is 16.5. The van der Waals surface area contributed by atoms with Crippen LogP contribution in [0.5, 0.6) is 5.75 Å². The van der Waals surface area contributed by atoms with Crippen molar-refractivity contribution in [2.75, 3.05) is 47.4 Å². The van der Waals surface area contributed by atoms with Gasteiger partial charge >= 0.3 is 0 Å². The maximum atomic E-state index is 12.5. The first-order valence-corrected chi connectivity index (χ1v) is 8.40. The lowest BCUT2D eigenvalue weighted by Crippen LogP contribution is -2.53. The number of hydrogen-bond donors (Lipinski definition) is 1. The molecule has 1 N–H and O–H groups in total. The maximum absolute atomic E-state index is 12.5. The quantitative estimate of drug-likeness (QED) is 0.804. The summed E-state index contributed by atoms with van der Waals surface area (Å²) in [5.41, 5.74) is 1.03. The van der Waals surface area contributed by atoms with E-state index in [1.54, 1.807) is 7.11 Å². The minimum Gasteiger partial charge on any atom is -0.497 e. The highest BCUT2D eigenvalue weighted by molar-refractivity contribution is 5.81. The SMILES string of the molecule is COc1cccc(CNC(=O)[C@H](C)N2CCO[C@@H](CN(C)C)C2)c1. The van der Waals surface area contributed by atoms with Crippen LogP contribution >= 0.6 is 0 Å². The van der Waals surface area contributed by atoms with Crippen LogP contribution < -0.4 is 10.1 Å². The summed E-state index contributed by atoms with van der Waals surface area (Å²) in [5.74, 6) is 0.845. The first-order chi connectivity index (χ1) is 11.5. The highest BCUT2D eigenvalue weighted by Crippen LogP contribution is 2.13. The van der Waals surface area contributed by atoms with E-state index >= 15 is 0 Å². The number of carbonyl (C=O) groups excluding carboxylic acids is 1. The zero-order valence-corrected chi connectivity index (χ0v) is 15.1. The summed E-state index contributed by atoms with van der Waals surface area (Å²) in [6.07, 6.45) is 0.155. The van der Waals surface area contributed by atoms with Crippen molar-refractivity contribution in [3.63, 3.8) is 0 Å². The Labute approximate surface area is 144 Å². The van der Waals surface area contributed by atoms with Crippen LogP contribution in [0.2, 0.25) is 0 Å². The Morgan fingerprint density at radius 1 is 1.50 bits per heavy atom. The molecule has 24 heavy (non-hydrogen) atoms. The van der Waals surface area contributed by atoms with Crippen LogP contribution in [0, 0.1) is 0 Å². The van der Waals surface area contributed by atoms with Gasteiger partial charge in [-0.25, -0.2) is 0 Å². The molecule has 0 aliphatic carbocycles. The van der Waals surface area contributed by atoms with E-state index in [2.05, 4.69) is 15.1 Å². The van der Waals surface area contributed by atoms with Crippen LogP contribution in [0.15, 0.2) is 24.3 Å². The molecule has 0 saturated carbocycles. The summed E-state index contributed by atoms with van der Waals surface area (Å²) >= 11 is 0. The Balaban J connectivity index is 1.84. The van der Waals surface area contributed by atoms with Gasteiger partial charge in [-0.3, -0.25) is 9.69 Å². The number of nitrogens with zero attached hydrogens (tertiary/aromatic N) is 2. The summed E-state index contributed by atoms with van der Waals surface area (Å²) in [4.78, 5) is 16.8. The van der Waals surface area contributed by atoms with Crippen molar-refractivity contribution in [1.82, 2.24) is 15.1 Å². The molecule has 0 bridgehead atoms.